The van der Waals surface area contributed by atoms with Crippen molar-refractivity contribution in [3.8, 4) is 0 Å². The van der Waals surface area contributed by atoms with Gasteiger partial charge in [0.1, 0.15) is 5.82 Å². The van der Waals surface area contributed by atoms with E-state index in [1.54, 1.807) is 0 Å². The second kappa shape index (κ2) is 2.62. The Morgan fingerprint density at radius 2 is 2.08 bits per heavy atom. The molecule has 0 bridgehead atoms. The van der Waals surface area contributed by atoms with Crippen molar-refractivity contribution in [1.82, 2.24) is 5.32 Å². The number of hydrogen-bond acceptors (Lipinski definition) is 2. The van der Waals surface area contributed by atoms with Gasteiger partial charge in [-0.25, -0.2) is 0 Å². The molecule has 13 heavy (non-hydrogen) atoms. The van der Waals surface area contributed by atoms with Crippen LogP contribution in [-0.4, -0.2) is 5.91 Å². The van der Waals surface area contributed by atoms with Gasteiger partial charge in [0.05, 0.1) is 11.3 Å². The lowest BCUT2D eigenvalue weighted by Crippen LogP contribution is -2.32. The minimum absolute atomic E-state index is 0.0950. The maximum atomic E-state index is 11.4. The van der Waals surface area contributed by atoms with E-state index < -0.39 is 0 Å². The highest BCUT2D eigenvalue weighted by Crippen LogP contribution is 2.21. The molecule has 1 aromatic rings. The number of anilines is 1. The summed E-state index contributed by atoms with van der Waals surface area (Å²) in [4.78, 5) is 11.4. The Bertz CT molecular complexity index is 396. The van der Waals surface area contributed by atoms with E-state index in [1.165, 1.54) is 0 Å². The number of hydrogen-bond donors (Lipinski definition) is 2. The third-order valence-electron chi connectivity index (χ3n) is 1.97. The molecule has 2 rings (SSSR count). The van der Waals surface area contributed by atoms with Gasteiger partial charge in [-0.1, -0.05) is 18.2 Å². The lowest BCUT2D eigenvalue weighted by molar-refractivity contribution is 0.0964. The number of benzene rings is 1. The molecule has 3 nitrogen and oxygen atoms in total. The van der Waals surface area contributed by atoms with Crippen LogP contribution in [0.1, 0.15) is 15.9 Å². The van der Waals surface area contributed by atoms with Crippen molar-refractivity contribution in [2.45, 2.75) is 6.92 Å². The minimum atomic E-state index is -0.0950. The fourth-order valence-electron chi connectivity index (χ4n) is 1.35. The van der Waals surface area contributed by atoms with Crippen LogP contribution >= 0.6 is 0 Å². The summed E-state index contributed by atoms with van der Waals surface area (Å²) < 4.78 is 0. The average molecular weight is 174 g/mol. The van der Waals surface area contributed by atoms with E-state index in [0.717, 1.165) is 11.3 Å². The Labute approximate surface area is 76.5 Å². The predicted molar refractivity (Wildman–Crippen MR) is 51.4 cm³/mol. The maximum absolute atomic E-state index is 11.4. The topological polar surface area (TPSA) is 41.1 Å². The summed E-state index contributed by atoms with van der Waals surface area (Å²) in [6, 6.07) is 5.69. The predicted octanol–water partition coefficient (Wildman–Crippen LogP) is 1.62. The Balaban J connectivity index is 2.55. The summed E-state index contributed by atoms with van der Waals surface area (Å²) in [6.45, 7) is 5.60. The van der Waals surface area contributed by atoms with Crippen molar-refractivity contribution in [1.29, 1.82) is 0 Å². The molecular weight excluding hydrogens is 164 g/mol. The van der Waals surface area contributed by atoms with Gasteiger partial charge < -0.3 is 10.6 Å². The number of rotatable bonds is 0. The van der Waals surface area contributed by atoms with Gasteiger partial charge in [0.25, 0.3) is 5.91 Å². The summed E-state index contributed by atoms with van der Waals surface area (Å²) in [5, 5.41) is 5.61. The molecule has 66 valence electrons. The number of carbonyl (C=O) groups is 1. The largest absolute Gasteiger partial charge is 0.342 e. The zero-order valence-electron chi connectivity index (χ0n) is 7.35. The fourth-order valence-corrected chi connectivity index (χ4v) is 1.35. The van der Waals surface area contributed by atoms with Crippen molar-refractivity contribution >= 4 is 11.6 Å². The summed E-state index contributed by atoms with van der Waals surface area (Å²) in [5.41, 5.74) is 2.56. The Hall–Kier alpha value is -1.77. The van der Waals surface area contributed by atoms with Gasteiger partial charge in [-0.2, -0.15) is 0 Å². The van der Waals surface area contributed by atoms with E-state index in [1.807, 2.05) is 25.1 Å². The SMILES string of the molecule is C=C1NC(=O)c2cc(C)ccc2N1. The Morgan fingerprint density at radius 3 is 2.85 bits per heavy atom. The quantitative estimate of drug-likeness (QED) is 0.627. The van der Waals surface area contributed by atoms with Crippen LogP contribution in [0, 0.1) is 6.92 Å². The summed E-state index contributed by atoms with van der Waals surface area (Å²) in [6.07, 6.45) is 0. The van der Waals surface area contributed by atoms with Crippen molar-refractivity contribution in [3.05, 3.63) is 41.7 Å². The van der Waals surface area contributed by atoms with Crippen molar-refractivity contribution < 1.29 is 4.79 Å². The molecule has 2 N–H and O–H groups in total. The van der Waals surface area contributed by atoms with E-state index >= 15 is 0 Å². The summed E-state index contributed by atoms with van der Waals surface area (Å²) in [5.74, 6) is 0.434. The van der Waals surface area contributed by atoms with Crippen LogP contribution < -0.4 is 10.6 Å². The van der Waals surface area contributed by atoms with Gasteiger partial charge in [0, 0.05) is 0 Å². The highest BCUT2D eigenvalue weighted by Gasteiger charge is 2.17. The third kappa shape index (κ3) is 1.28. The number of carbonyl (C=O) groups excluding carboxylic acids is 1. The zero-order valence-corrected chi connectivity index (χ0v) is 7.35. The molecule has 1 amide bonds. The Morgan fingerprint density at radius 1 is 1.31 bits per heavy atom. The lowest BCUT2D eigenvalue weighted by Gasteiger charge is -2.20. The first-order valence-electron chi connectivity index (χ1n) is 4.05. The standard InChI is InChI=1S/C10H10N2O/c1-6-3-4-9-8(5-6)10(13)12-7(2)11-9/h3-5,11H,2H2,1H3,(H,12,13). The van der Waals surface area contributed by atoms with Gasteiger partial charge in [0.2, 0.25) is 0 Å². The van der Waals surface area contributed by atoms with Crippen LogP contribution in [0.2, 0.25) is 0 Å². The lowest BCUT2D eigenvalue weighted by atomic mass is 10.1. The molecule has 0 radical (unpaired) electrons. The first-order valence-corrected chi connectivity index (χ1v) is 4.05. The molecular formula is C10H10N2O. The number of fused-ring (bicyclic) bond motifs is 1. The molecule has 1 aromatic carbocycles. The maximum Gasteiger partial charge on any atom is 0.258 e. The van der Waals surface area contributed by atoms with E-state index in [-0.39, 0.29) is 5.91 Å². The molecule has 0 spiro atoms. The molecule has 0 saturated carbocycles. The van der Waals surface area contributed by atoms with Gasteiger partial charge >= 0.3 is 0 Å². The van der Waals surface area contributed by atoms with Gasteiger partial charge in [-0.15, -0.1) is 0 Å². The van der Waals surface area contributed by atoms with E-state index in [9.17, 15) is 4.79 Å². The minimum Gasteiger partial charge on any atom is -0.342 e. The average Bonchev–Trinajstić information content (AvgIpc) is 2.06. The summed E-state index contributed by atoms with van der Waals surface area (Å²) in [7, 11) is 0. The second-order valence-electron chi connectivity index (χ2n) is 3.11. The molecule has 1 aliphatic heterocycles. The first-order chi connectivity index (χ1) is 6.16. The van der Waals surface area contributed by atoms with E-state index in [0.29, 0.717) is 11.4 Å². The third-order valence-corrected chi connectivity index (χ3v) is 1.97. The zero-order chi connectivity index (χ0) is 9.42. The number of aryl methyl sites for hydroxylation is 1. The molecule has 1 heterocycles. The van der Waals surface area contributed by atoms with Crippen LogP contribution in [0.5, 0.6) is 0 Å². The van der Waals surface area contributed by atoms with E-state index in [4.69, 9.17) is 0 Å². The number of amides is 1. The van der Waals surface area contributed by atoms with Crippen LogP contribution in [0.15, 0.2) is 30.6 Å². The highest BCUT2D eigenvalue weighted by atomic mass is 16.1. The second-order valence-corrected chi connectivity index (χ2v) is 3.11. The molecule has 0 unspecified atom stereocenters. The van der Waals surface area contributed by atoms with E-state index in [2.05, 4.69) is 17.2 Å². The highest BCUT2D eigenvalue weighted by molar-refractivity contribution is 6.03. The molecule has 0 aromatic heterocycles. The molecule has 3 heteroatoms. The molecule has 0 aliphatic carbocycles. The molecule has 0 atom stereocenters. The van der Waals surface area contributed by atoms with Crippen LogP contribution in [0.25, 0.3) is 0 Å². The van der Waals surface area contributed by atoms with Crippen LogP contribution in [-0.2, 0) is 0 Å². The summed E-state index contributed by atoms with van der Waals surface area (Å²) >= 11 is 0. The number of nitrogens with one attached hydrogen (secondary N) is 2. The van der Waals surface area contributed by atoms with Crippen molar-refractivity contribution in [2.24, 2.45) is 0 Å². The van der Waals surface area contributed by atoms with Crippen LogP contribution in [0.3, 0.4) is 0 Å². The van der Waals surface area contributed by atoms with Gasteiger partial charge in [0.15, 0.2) is 0 Å². The monoisotopic (exact) mass is 174 g/mol. The molecule has 0 fully saturated rings. The Kier molecular flexibility index (Phi) is 1.59. The first kappa shape index (κ1) is 7.86. The molecule has 0 saturated heterocycles. The normalized spacial score (nSPS) is 14.5. The van der Waals surface area contributed by atoms with Crippen molar-refractivity contribution in [2.75, 3.05) is 5.32 Å². The van der Waals surface area contributed by atoms with Gasteiger partial charge in [-0.05, 0) is 19.1 Å². The van der Waals surface area contributed by atoms with Crippen LogP contribution in [0.4, 0.5) is 5.69 Å². The van der Waals surface area contributed by atoms with Gasteiger partial charge in [-0.3, -0.25) is 4.79 Å². The molecule has 1 aliphatic rings. The van der Waals surface area contributed by atoms with Crippen molar-refractivity contribution in [3.63, 3.8) is 0 Å². The fraction of sp³-hybridized carbons (Fsp3) is 0.100. The smallest absolute Gasteiger partial charge is 0.258 e.